The highest BCUT2D eigenvalue weighted by atomic mass is 16.5. The molecule has 1 aromatic heterocycles. The lowest BCUT2D eigenvalue weighted by Gasteiger charge is -2.38. The zero-order chi connectivity index (χ0) is 12.0. The van der Waals surface area contributed by atoms with Gasteiger partial charge in [-0.3, -0.25) is 0 Å². The van der Waals surface area contributed by atoms with Crippen LogP contribution < -0.4 is 5.32 Å². The summed E-state index contributed by atoms with van der Waals surface area (Å²) in [5.74, 6) is 1.00. The molecule has 0 radical (unpaired) electrons. The van der Waals surface area contributed by atoms with Gasteiger partial charge in [-0.15, -0.1) is 0 Å². The largest absolute Gasteiger partial charge is 0.469 e. The van der Waals surface area contributed by atoms with Crippen molar-refractivity contribution in [2.75, 3.05) is 14.2 Å². The molecule has 16 heavy (non-hydrogen) atoms. The summed E-state index contributed by atoms with van der Waals surface area (Å²) < 4.78 is 11.1. The predicted molar refractivity (Wildman–Crippen MR) is 65.6 cm³/mol. The lowest BCUT2D eigenvalue weighted by Crippen LogP contribution is -2.51. The van der Waals surface area contributed by atoms with Crippen molar-refractivity contribution in [3.8, 4) is 0 Å². The molecule has 1 atom stereocenters. The predicted octanol–water partition coefficient (Wildman–Crippen LogP) is 2.62. The van der Waals surface area contributed by atoms with E-state index in [0.717, 1.165) is 25.0 Å². The molecule has 0 bridgehead atoms. The van der Waals surface area contributed by atoms with Gasteiger partial charge in [0.05, 0.1) is 11.9 Å². The van der Waals surface area contributed by atoms with E-state index in [1.54, 1.807) is 13.4 Å². The molecule has 1 N–H and O–H groups in total. The summed E-state index contributed by atoms with van der Waals surface area (Å²) in [5.41, 5.74) is -0.110. The van der Waals surface area contributed by atoms with Crippen LogP contribution >= 0.6 is 0 Å². The van der Waals surface area contributed by atoms with Gasteiger partial charge in [0.2, 0.25) is 0 Å². The van der Waals surface area contributed by atoms with E-state index in [2.05, 4.69) is 19.2 Å². The summed E-state index contributed by atoms with van der Waals surface area (Å²) >= 11 is 0. The van der Waals surface area contributed by atoms with Crippen LogP contribution in [0.4, 0.5) is 0 Å². The monoisotopic (exact) mass is 225 g/mol. The molecule has 1 rings (SSSR count). The molecule has 92 valence electrons. The number of methoxy groups -OCH3 is 1. The number of hydrogen-bond acceptors (Lipinski definition) is 3. The molecular formula is C13H23NO2. The smallest absolute Gasteiger partial charge is 0.105 e. The fourth-order valence-corrected chi connectivity index (χ4v) is 2.35. The maximum atomic E-state index is 5.73. The molecule has 0 saturated heterocycles. The van der Waals surface area contributed by atoms with Gasteiger partial charge in [0.15, 0.2) is 0 Å². The molecule has 3 nitrogen and oxygen atoms in total. The highest BCUT2D eigenvalue weighted by molar-refractivity contribution is 5.04. The second-order valence-corrected chi connectivity index (χ2v) is 4.10. The van der Waals surface area contributed by atoms with Gasteiger partial charge in [-0.2, -0.15) is 0 Å². The Balaban J connectivity index is 2.78. The van der Waals surface area contributed by atoms with Crippen molar-refractivity contribution < 1.29 is 9.15 Å². The van der Waals surface area contributed by atoms with Crippen LogP contribution in [0.15, 0.2) is 22.8 Å². The van der Waals surface area contributed by atoms with E-state index in [9.17, 15) is 0 Å². The van der Waals surface area contributed by atoms with Gasteiger partial charge < -0.3 is 14.5 Å². The average molecular weight is 225 g/mol. The second-order valence-electron chi connectivity index (χ2n) is 4.10. The Hall–Kier alpha value is -0.800. The number of hydrogen-bond donors (Lipinski definition) is 1. The molecule has 0 aliphatic carbocycles. The number of rotatable bonds is 7. The van der Waals surface area contributed by atoms with Gasteiger partial charge in [-0.1, -0.05) is 13.8 Å². The summed E-state index contributed by atoms with van der Waals surface area (Å²) in [5, 5.41) is 3.35. The van der Waals surface area contributed by atoms with Crippen molar-refractivity contribution in [3.63, 3.8) is 0 Å². The first-order valence-corrected chi connectivity index (χ1v) is 5.97. The minimum Gasteiger partial charge on any atom is -0.469 e. The first kappa shape index (κ1) is 13.3. The van der Waals surface area contributed by atoms with Crippen LogP contribution in [0.25, 0.3) is 0 Å². The first-order chi connectivity index (χ1) is 7.72. The number of nitrogens with one attached hydrogen (secondary N) is 1. The molecule has 0 aromatic carbocycles. The van der Waals surface area contributed by atoms with Gasteiger partial charge >= 0.3 is 0 Å². The van der Waals surface area contributed by atoms with E-state index in [-0.39, 0.29) is 11.6 Å². The van der Waals surface area contributed by atoms with Gasteiger partial charge in [-0.05, 0) is 32.0 Å². The molecular weight excluding hydrogens is 202 g/mol. The third-order valence-electron chi connectivity index (χ3n) is 3.57. The molecule has 1 aromatic rings. The minimum atomic E-state index is -0.110. The Kier molecular flexibility index (Phi) is 5.03. The van der Waals surface area contributed by atoms with Crippen LogP contribution in [-0.2, 0) is 11.2 Å². The van der Waals surface area contributed by atoms with Crippen LogP contribution in [0.5, 0.6) is 0 Å². The van der Waals surface area contributed by atoms with Crippen molar-refractivity contribution in [3.05, 3.63) is 24.2 Å². The zero-order valence-electron chi connectivity index (χ0n) is 10.7. The normalized spacial score (nSPS) is 14.0. The van der Waals surface area contributed by atoms with Crippen LogP contribution in [-0.4, -0.2) is 25.8 Å². The maximum Gasteiger partial charge on any atom is 0.105 e. The number of furan rings is 1. The van der Waals surface area contributed by atoms with Gasteiger partial charge in [-0.25, -0.2) is 0 Å². The SMILES string of the molecule is CCC(CC)(OC)C(Cc1ccco1)NC. The Morgan fingerprint density at radius 3 is 2.50 bits per heavy atom. The van der Waals surface area contributed by atoms with Crippen molar-refractivity contribution in [1.82, 2.24) is 5.32 Å². The Morgan fingerprint density at radius 2 is 2.12 bits per heavy atom. The van der Waals surface area contributed by atoms with Crippen LogP contribution in [0.1, 0.15) is 32.4 Å². The molecule has 0 aliphatic heterocycles. The van der Waals surface area contributed by atoms with E-state index >= 15 is 0 Å². The van der Waals surface area contributed by atoms with Crippen molar-refractivity contribution in [2.24, 2.45) is 0 Å². The Morgan fingerprint density at radius 1 is 1.44 bits per heavy atom. The van der Waals surface area contributed by atoms with Crippen LogP contribution in [0, 0.1) is 0 Å². The topological polar surface area (TPSA) is 34.4 Å². The van der Waals surface area contributed by atoms with Crippen LogP contribution in [0.2, 0.25) is 0 Å². The summed E-state index contributed by atoms with van der Waals surface area (Å²) in [4.78, 5) is 0. The number of ether oxygens (including phenoxy) is 1. The molecule has 3 heteroatoms. The lowest BCUT2D eigenvalue weighted by molar-refractivity contribution is -0.0464. The summed E-state index contributed by atoms with van der Waals surface area (Å²) in [6.45, 7) is 4.33. The molecule has 0 fully saturated rings. The molecule has 0 aliphatic rings. The van der Waals surface area contributed by atoms with Crippen LogP contribution in [0.3, 0.4) is 0 Å². The third-order valence-corrected chi connectivity index (χ3v) is 3.57. The van der Waals surface area contributed by atoms with E-state index < -0.39 is 0 Å². The fraction of sp³-hybridized carbons (Fsp3) is 0.692. The van der Waals surface area contributed by atoms with E-state index in [1.165, 1.54) is 0 Å². The highest BCUT2D eigenvalue weighted by Crippen LogP contribution is 2.26. The molecule has 0 amide bonds. The molecule has 1 heterocycles. The number of likely N-dealkylation sites (N-methyl/N-ethyl adjacent to an activating group) is 1. The average Bonchev–Trinajstić information content (AvgIpc) is 2.83. The maximum absolute atomic E-state index is 5.73. The van der Waals surface area contributed by atoms with Gasteiger partial charge in [0, 0.05) is 19.6 Å². The summed E-state index contributed by atoms with van der Waals surface area (Å²) in [6, 6.07) is 4.21. The van der Waals surface area contributed by atoms with Crippen molar-refractivity contribution >= 4 is 0 Å². The third kappa shape index (κ3) is 2.66. The fourth-order valence-electron chi connectivity index (χ4n) is 2.35. The zero-order valence-corrected chi connectivity index (χ0v) is 10.7. The van der Waals surface area contributed by atoms with Gasteiger partial charge in [0.25, 0.3) is 0 Å². The van der Waals surface area contributed by atoms with E-state index in [1.807, 2.05) is 19.2 Å². The standard InChI is InChI=1S/C13H23NO2/c1-5-13(6-2,15-4)12(14-3)10-11-8-7-9-16-11/h7-9,12,14H,5-6,10H2,1-4H3. The molecule has 0 spiro atoms. The van der Waals surface area contributed by atoms with Crippen molar-refractivity contribution in [1.29, 1.82) is 0 Å². The Bertz CT molecular complexity index is 270. The Labute approximate surface area is 98.2 Å². The second kappa shape index (κ2) is 6.06. The summed E-state index contributed by atoms with van der Waals surface area (Å²) in [6.07, 6.45) is 4.56. The first-order valence-electron chi connectivity index (χ1n) is 5.97. The quantitative estimate of drug-likeness (QED) is 0.774. The van der Waals surface area contributed by atoms with E-state index in [0.29, 0.717) is 0 Å². The minimum absolute atomic E-state index is 0.110. The molecule has 1 unspecified atom stereocenters. The summed E-state index contributed by atoms with van der Waals surface area (Å²) in [7, 11) is 3.77. The van der Waals surface area contributed by atoms with Crippen molar-refractivity contribution in [2.45, 2.75) is 44.8 Å². The highest BCUT2D eigenvalue weighted by Gasteiger charge is 2.35. The molecule has 0 saturated carbocycles. The van der Waals surface area contributed by atoms with E-state index in [4.69, 9.17) is 9.15 Å². The lowest BCUT2D eigenvalue weighted by atomic mass is 9.85. The van der Waals surface area contributed by atoms with Gasteiger partial charge in [0.1, 0.15) is 5.76 Å².